The Morgan fingerprint density at radius 2 is 1.17 bits per heavy atom. The number of aryl methyl sites for hydroxylation is 1. The molecule has 0 radical (unpaired) electrons. The third-order valence-corrected chi connectivity index (χ3v) is 6.05. The molecule has 0 heterocycles. The first kappa shape index (κ1) is 16.9. The second-order valence-electron chi connectivity index (χ2n) is 5.91. The minimum absolute atomic E-state index is 0.219. The van der Waals surface area contributed by atoms with Crippen molar-refractivity contribution < 1.29 is 4.52 Å². The molecule has 1 atom stereocenters. The second kappa shape index (κ2) is 8.78. The lowest BCUT2D eigenvalue weighted by molar-refractivity contribution is 0.242. The minimum Gasteiger partial charge on any atom is -0.347 e. The Kier molecular flexibility index (Phi) is 6.18. The van der Waals surface area contributed by atoms with Crippen LogP contribution in [-0.4, -0.2) is 6.10 Å². The molecule has 24 heavy (non-hydrogen) atoms. The van der Waals surface area contributed by atoms with Gasteiger partial charge in [-0.25, -0.2) is 0 Å². The maximum atomic E-state index is 6.51. The van der Waals surface area contributed by atoms with Gasteiger partial charge in [0.05, 0.1) is 14.3 Å². The van der Waals surface area contributed by atoms with Crippen LogP contribution in [0, 0.1) is 0 Å². The van der Waals surface area contributed by atoms with E-state index in [1.807, 2.05) is 0 Å². The van der Waals surface area contributed by atoms with E-state index in [1.54, 1.807) is 0 Å². The summed E-state index contributed by atoms with van der Waals surface area (Å²) in [7, 11) is -0.771. The van der Waals surface area contributed by atoms with Crippen molar-refractivity contribution in [1.82, 2.24) is 0 Å². The van der Waals surface area contributed by atoms with Crippen LogP contribution in [0.25, 0.3) is 0 Å². The van der Waals surface area contributed by atoms with E-state index in [-0.39, 0.29) is 6.10 Å². The zero-order valence-corrected chi connectivity index (χ0v) is 14.9. The van der Waals surface area contributed by atoms with Crippen LogP contribution in [0.3, 0.4) is 0 Å². The molecule has 0 aliphatic heterocycles. The molecule has 0 saturated heterocycles. The van der Waals surface area contributed by atoms with Crippen molar-refractivity contribution in [2.45, 2.75) is 25.9 Å². The monoisotopic (exact) mass is 334 g/mol. The summed E-state index contributed by atoms with van der Waals surface area (Å²) in [5.41, 5.74) is 1.37. The molecule has 0 N–H and O–H groups in total. The van der Waals surface area contributed by atoms with E-state index in [0.717, 1.165) is 12.8 Å². The molecule has 3 aromatic rings. The molecule has 0 saturated carbocycles. The lowest BCUT2D eigenvalue weighted by Gasteiger charge is -2.23. The Bertz CT molecular complexity index is 673. The summed E-state index contributed by atoms with van der Waals surface area (Å²) in [5.74, 6) is 0. The van der Waals surface area contributed by atoms with Gasteiger partial charge in [-0.3, -0.25) is 0 Å². The molecule has 0 aliphatic carbocycles. The highest BCUT2D eigenvalue weighted by molar-refractivity contribution is 7.68. The number of hydrogen-bond acceptors (Lipinski definition) is 1. The van der Waals surface area contributed by atoms with Crippen LogP contribution in [0.1, 0.15) is 18.9 Å². The fourth-order valence-electron chi connectivity index (χ4n) is 2.64. The fraction of sp³-hybridized carbons (Fsp3) is 0.182. The lowest BCUT2D eigenvalue weighted by atomic mass is 10.1. The van der Waals surface area contributed by atoms with E-state index in [4.69, 9.17) is 4.52 Å². The molecular formula is C22H23OP. The summed E-state index contributed by atoms with van der Waals surface area (Å²) in [6.45, 7) is 2.18. The van der Waals surface area contributed by atoms with Gasteiger partial charge < -0.3 is 4.52 Å². The molecule has 0 aromatic heterocycles. The summed E-state index contributed by atoms with van der Waals surface area (Å²) in [4.78, 5) is 0. The Labute approximate surface area is 146 Å². The van der Waals surface area contributed by atoms with Crippen LogP contribution in [0.5, 0.6) is 0 Å². The number of hydrogen-bond donors (Lipinski definition) is 0. The maximum absolute atomic E-state index is 6.51. The van der Waals surface area contributed by atoms with Crippen molar-refractivity contribution in [3.63, 3.8) is 0 Å². The topological polar surface area (TPSA) is 9.23 Å². The molecule has 2 heteroatoms. The van der Waals surface area contributed by atoms with Crippen molar-refractivity contribution in [2.24, 2.45) is 0 Å². The Morgan fingerprint density at radius 3 is 1.67 bits per heavy atom. The van der Waals surface area contributed by atoms with Gasteiger partial charge in [0.15, 0.2) is 0 Å². The fourth-order valence-corrected chi connectivity index (χ4v) is 4.54. The Morgan fingerprint density at radius 1 is 0.708 bits per heavy atom. The summed E-state index contributed by atoms with van der Waals surface area (Å²) >= 11 is 0. The van der Waals surface area contributed by atoms with Crippen LogP contribution in [0.15, 0.2) is 91.0 Å². The molecule has 0 bridgehead atoms. The van der Waals surface area contributed by atoms with E-state index in [9.17, 15) is 0 Å². The van der Waals surface area contributed by atoms with Gasteiger partial charge in [0.1, 0.15) is 0 Å². The molecule has 3 rings (SSSR count). The van der Waals surface area contributed by atoms with Crippen molar-refractivity contribution >= 4 is 18.8 Å². The highest BCUT2D eigenvalue weighted by atomic mass is 31.1. The summed E-state index contributed by atoms with van der Waals surface area (Å²) < 4.78 is 6.51. The first-order valence-corrected chi connectivity index (χ1v) is 9.70. The van der Waals surface area contributed by atoms with Gasteiger partial charge in [-0.2, -0.15) is 0 Å². The largest absolute Gasteiger partial charge is 0.347 e. The number of benzene rings is 3. The molecule has 122 valence electrons. The summed E-state index contributed by atoms with van der Waals surface area (Å²) in [5, 5.41) is 2.54. The van der Waals surface area contributed by atoms with Crippen LogP contribution < -0.4 is 10.6 Å². The second-order valence-corrected chi connectivity index (χ2v) is 7.74. The maximum Gasteiger partial charge on any atom is 0.0921 e. The van der Waals surface area contributed by atoms with Crippen molar-refractivity contribution in [2.75, 3.05) is 0 Å². The zero-order valence-electron chi connectivity index (χ0n) is 14.0. The van der Waals surface area contributed by atoms with Gasteiger partial charge in [-0.1, -0.05) is 91.0 Å². The van der Waals surface area contributed by atoms with Gasteiger partial charge in [0, 0.05) is 10.6 Å². The SMILES string of the molecule is CC(CCc1ccccc1)OP(c1ccccc1)c1ccccc1. The van der Waals surface area contributed by atoms with Gasteiger partial charge in [-0.05, 0) is 25.3 Å². The molecule has 1 nitrogen and oxygen atoms in total. The highest BCUT2D eigenvalue weighted by Crippen LogP contribution is 2.37. The van der Waals surface area contributed by atoms with Gasteiger partial charge in [-0.15, -0.1) is 0 Å². The van der Waals surface area contributed by atoms with Gasteiger partial charge in [0.25, 0.3) is 0 Å². The van der Waals surface area contributed by atoms with E-state index >= 15 is 0 Å². The van der Waals surface area contributed by atoms with E-state index in [2.05, 4.69) is 97.9 Å². The van der Waals surface area contributed by atoms with Crippen LogP contribution >= 0.6 is 8.15 Å². The summed E-state index contributed by atoms with van der Waals surface area (Å²) in [6, 6.07) is 31.8. The molecule has 1 unspecified atom stereocenters. The normalized spacial score (nSPS) is 12.2. The first-order valence-electron chi connectivity index (χ1n) is 8.44. The highest BCUT2D eigenvalue weighted by Gasteiger charge is 2.18. The predicted molar refractivity (Wildman–Crippen MR) is 104 cm³/mol. The third kappa shape index (κ3) is 4.77. The van der Waals surface area contributed by atoms with Crippen LogP contribution in [0.4, 0.5) is 0 Å². The molecular weight excluding hydrogens is 311 g/mol. The number of rotatable bonds is 7. The third-order valence-electron chi connectivity index (χ3n) is 3.95. The molecule has 0 amide bonds. The Hall–Kier alpha value is -1.95. The quantitative estimate of drug-likeness (QED) is 0.548. The zero-order chi connectivity index (χ0) is 16.6. The first-order chi connectivity index (χ1) is 11.8. The van der Waals surface area contributed by atoms with E-state index < -0.39 is 8.15 Å². The minimum atomic E-state index is -0.771. The average Bonchev–Trinajstić information content (AvgIpc) is 2.67. The van der Waals surface area contributed by atoms with Crippen molar-refractivity contribution in [3.05, 3.63) is 96.6 Å². The molecule has 0 aliphatic rings. The van der Waals surface area contributed by atoms with Gasteiger partial charge >= 0.3 is 0 Å². The van der Waals surface area contributed by atoms with Crippen LogP contribution in [0.2, 0.25) is 0 Å². The molecule has 3 aromatic carbocycles. The van der Waals surface area contributed by atoms with E-state index in [0.29, 0.717) is 0 Å². The average molecular weight is 334 g/mol. The lowest BCUT2D eigenvalue weighted by Crippen LogP contribution is -2.18. The molecule has 0 fully saturated rings. The Balaban J connectivity index is 1.70. The smallest absolute Gasteiger partial charge is 0.0921 e. The van der Waals surface area contributed by atoms with Crippen LogP contribution in [-0.2, 0) is 10.9 Å². The molecule has 0 spiro atoms. The van der Waals surface area contributed by atoms with E-state index in [1.165, 1.54) is 16.2 Å². The van der Waals surface area contributed by atoms with Crippen molar-refractivity contribution in [1.29, 1.82) is 0 Å². The van der Waals surface area contributed by atoms with Gasteiger partial charge in [0.2, 0.25) is 0 Å². The predicted octanol–water partition coefficient (Wildman–Crippen LogP) is 5.07. The summed E-state index contributed by atoms with van der Waals surface area (Å²) in [6.07, 6.45) is 2.30. The standard InChI is InChI=1S/C22H23OP/c1-19(17-18-20-11-5-2-6-12-20)23-24(21-13-7-3-8-14-21)22-15-9-4-10-16-22/h2-16,19H,17-18H2,1H3. The van der Waals surface area contributed by atoms with Crippen molar-refractivity contribution in [3.8, 4) is 0 Å².